The number of nitrogens with two attached hydrogens (primary N) is 1. The Hall–Kier alpha value is -1.75. The minimum atomic E-state index is -0.798. The summed E-state index contributed by atoms with van der Waals surface area (Å²) in [4.78, 5) is 11.3. The van der Waals surface area contributed by atoms with Gasteiger partial charge in [0.15, 0.2) is 0 Å². The van der Waals surface area contributed by atoms with Gasteiger partial charge < -0.3 is 20.3 Å². The van der Waals surface area contributed by atoms with E-state index in [1.54, 1.807) is 20.1 Å². The van der Waals surface area contributed by atoms with E-state index in [-0.39, 0.29) is 12.2 Å². The third-order valence-corrected chi connectivity index (χ3v) is 3.06. The minimum Gasteiger partial charge on any atom is -0.507 e. The number of benzene rings is 1. The molecule has 1 aromatic rings. The number of methoxy groups -OCH3 is 2. The molecule has 1 aromatic carbocycles. The fourth-order valence-electron chi connectivity index (χ4n) is 1.78. The van der Waals surface area contributed by atoms with Gasteiger partial charge in [0, 0.05) is 6.42 Å². The summed E-state index contributed by atoms with van der Waals surface area (Å²) < 4.78 is 9.78. The largest absolute Gasteiger partial charge is 0.507 e. The lowest BCUT2D eigenvalue weighted by Gasteiger charge is -2.16. The molecule has 0 bridgehead atoms. The number of carbonyl (C=O) groups excluding carboxylic acids is 1. The number of rotatable bonds is 4. The maximum absolute atomic E-state index is 11.3. The molecule has 0 saturated carbocycles. The van der Waals surface area contributed by atoms with Crippen LogP contribution in [0.15, 0.2) is 6.07 Å². The van der Waals surface area contributed by atoms with E-state index in [4.69, 9.17) is 10.5 Å². The molecule has 0 aromatic heterocycles. The van der Waals surface area contributed by atoms with Crippen LogP contribution in [0.2, 0.25) is 0 Å². The second-order valence-corrected chi connectivity index (χ2v) is 4.17. The highest BCUT2D eigenvalue weighted by atomic mass is 16.5. The second-order valence-electron chi connectivity index (χ2n) is 4.17. The van der Waals surface area contributed by atoms with Crippen LogP contribution in [0.25, 0.3) is 0 Å². The molecule has 3 N–H and O–H groups in total. The SMILES string of the molecule is COC(=O)C(N)Cc1cc(OC)c(C)c(C)c1O. The molecule has 1 unspecified atom stereocenters. The predicted molar refractivity (Wildman–Crippen MR) is 67.8 cm³/mol. The van der Waals surface area contributed by atoms with Gasteiger partial charge in [0.2, 0.25) is 0 Å². The first-order valence-electron chi connectivity index (χ1n) is 5.61. The summed E-state index contributed by atoms with van der Waals surface area (Å²) in [7, 11) is 2.84. The lowest BCUT2D eigenvalue weighted by Crippen LogP contribution is -2.33. The van der Waals surface area contributed by atoms with Crippen molar-refractivity contribution in [2.45, 2.75) is 26.3 Å². The minimum absolute atomic E-state index is 0.146. The Morgan fingerprint density at radius 2 is 2.00 bits per heavy atom. The molecule has 5 nitrogen and oxygen atoms in total. The molecule has 0 radical (unpaired) electrons. The number of phenols is 1. The molecule has 1 atom stereocenters. The summed E-state index contributed by atoms with van der Waals surface area (Å²) >= 11 is 0. The van der Waals surface area contributed by atoms with Crippen molar-refractivity contribution in [2.24, 2.45) is 5.73 Å². The van der Waals surface area contributed by atoms with E-state index in [2.05, 4.69) is 4.74 Å². The lowest BCUT2D eigenvalue weighted by molar-refractivity contribution is -0.142. The molecule has 100 valence electrons. The van der Waals surface area contributed by atoms with E-state index in [9.17, 15) is 9.90 Å². The number of phenolic OH excluding ortho intramolecular Hbond substituents is 1. The van der Waals surface area contributed by atoms with E-state index < -0.39 is 12.0 Å². The third-order valence-electron chi connectivity index (χ3n) is 3.06. The lowest BCUT2D eigenvalue weighted by atomic mass is 9.98. The van der Waals surface area contributed by atoms with Gasteiger partial charge in [-0.2, -0.15) is 0 Å². The average molecular weight is 253 g/mol. The predicted octanol–water partition coefficient (Wildman–Crippen LogP) is 1.06. The van der Waals surface area contributed by atoms with E-state index in [1.165, 1.54) is 7.11 Å². The zero-order chi connectivity index (χ0) is 13.9. The zero-order valence-corrected chi connectivity index (χ0v) is 11.1. The monoisotopic (exact) mass is 253 g/mol. The van der Waals surface area contributed by atoms with Crippen molar-refractivity contribution in [3.63, 3.8) is 0 Å². The van der Waals surface area contributed by atoms with Crippen LogP contribution in [-0.4, -0.2) is 31.3 Å². The van der Waals surface area contributed by atoms with Gasteiger partial charge in [-0.3, -0.25) is 4.79 Å². The fourth-order valence-corrected chi connectivity index (χ4v) is 1.78. The van der Waals surface area contributed by atoms with Gasteiger partial charge in [-0.15, -0.1) is 0 Å². The van der Waals surface area contributed by atoms with Crippen LogP contribution in [0, 0.1) is 13.8 Å². The molecule has 0 heterocycles. The van der Waals surface area contributed by atoms with Crippen LogP contribution in [0.1, 0.15) is 16.7 Å². The summed E-state index contributed by atoms with van der Waals surface area (Å²) in [5.41, 5.74) is 7.85. The molecule has 1 rings (SSSR count). The first-order chi connectivity index (χ1) is 8.42. The highest BCUT2D eigenvalue weighted by Gasteiger charge is 2.19. The Kier molecular flexibility index (Phi) is 4.55. The Morgan fingerprint density at radius 3 is 2.50 bits per heavy atom. The molecule has 5 heteroatoms. The van der Waals surface area contributed by atoms with Crippen molar-refractivity contribution < 1.29 is 19.4 Å². The molecule has 0 amide bonds. The first-order valence-corrected chi connectivity index (χ1v) is 5.61. The van der Waals surface area contributed by atoms with Crippen LogP contribution < -0.4 is 10.5 Å². The van der Waals surface area contributed by atoms with Crippen LogP contribution in [0.4, 0.5) is 0 Å². The summed E-state index contributed by atoms with van der Waals surface area (Å²) in [6.45, 7) is 3.65. The highest BCUT2D eigenvalue weighted by molar-refractivity contribution is 5.76. The average Bonchev–Trinajstić information content (AvgIpc) is 2.38. The summed E-state index contributed by atoms with van der Waals surface area (Å²) in [6, 6.07) is 0.896. The smallest absolute Gasteiger partial charge is 0.322 e. The van der Waals surface area contributed by atoms with Crippen molar-refractivity contribution in [1.29, 1.82) is 0 Å². The van der Waals surface area contributed by atoms with Gasteiger partial charge in [0.25, 0.3) is 0 Å². The maximum atomic E-state index is 11.3. The highest BCUT2D eigenvalue weighted by Crippen LogP contribution is 2.33. The molecular formula is C13H19NO4. The summed E-state index contributed by atoms with van der Waals surface area (Å²) in [5.74, 6) is 0.302. The van der Waals surface area contributed by atoms with Gasteiger partial charge in [-0.05, 0) is 36.6 Å². The topological polar surface area (TPSA) is 81.8 Å². The van der Waals surface area contributed by atoms with Crippen LogP contribution in [0.3, 0.4) is 0 Å². The van der Waals surface area contributed by atoms with Crippen molar-refractivity contribution >= 4 is 5.97 Å². The summed E-state index contributed by atoms with van der Waals surface area (Å²) in [5, 5.41) is 10.0. The Bertz CT molecular complexity index is 457. The molecule has 0 aliphatic heterocycles. The van der Waals surface area contributed by atoms with Crippen molar-refractivity contribution in [2.75, 3.05) is 14.2 Å². The normalized spacial score (nSPS) is 12.1. The van der Waals surface area contributed by atoms with E-state index in [0.717, 1.165) is 11.1 Å². The Morgan fingerprint density at radius 1 is 1.39 bits per heavy atom. The first kappa shape index (κ1) is 14.3. The van der Waals surface area contributed by atoms with Crippen LogP contribution in [0.5, 0.6) is 11.5 Å². The van der Waals surface area contributed by atoms with Gasteiger partial charge in [-0.1, -0.05) is 0 Å². The van der Waals surface area contributed by atoms with Crippen molar-refractivity contribution in [3.05, 3.63) is 22.8 Å². The van der Waals surface area contributed by atoms with E-state index in [1.807, 2.05) is 6.92 Å². The van der Waals surface area contributed by atoms with Gasteiger partial charge in [-0.25, -0.2) is 0 Å². The molecule has 0 saturated heterocycles. The van der Waals surface area contributed by atoms with Crippen LogP contribution >= 0.6 is 0 Å². The standard InChI is InChI=1S/C13H19NO4/c1-7-8(2)12(15)9(6-11(7)17-3)5-10(14)13(16)18-4/h6,10,15H,5,14H2,1-4H3. The van der Waals surface area contributed by atoms with Gasteiger partial charge in [0.05, 0.1) is 14.2 Å². The quantitative estimate of drug-likeness (QED) is 0.784. The number of aromatic hydroxyl groups is 1. The molecule has 0 fully saturated rings. The number of hydrogen-bond acceptors (Lipinski definition) is 5. The number of ether oxygens (including phenoxy) is 2. The Labute approximate surface area is 107 Å². The third kappa shape index (κ3) is 2.73. The van der Waals surface area contributed by atoms with E-state index >= 15 is 0 Å². The molecule has 0 spiro atoms. The molecule has 18 heavy (non-hydrogen) atoms. The number of carbonyl (C=O) groups is 1. The molecule has 0 aliphatic rings. The molecular weight excluding hydrogens is 234 g/mol. The van der Waals surface area contributed by atoms with Gasteiger partial charge in [0.1, 0.15) is 17.5 Å². The van der Waals surface area contributed by atoms with Gasteiger partial charge >= 0.3 is 5.97 Å². The number of esters is 1. The van der Waals surface area contributed by atoms with Crippen molar-refractivity contribution in [1.82, 2.24) is 0 Å². The Balaban J connectivity index is 3.10. The maximum Gasteiger partial charge on any atom is 0.322 e. The van der Waals surface area contributed by atoms with E-state index in [0.29, 0.717) is 11.3 Å². The number of hydrogen-bond donors (Lipinski definition) is 2. The van der Waals surface area contributed by atoms with Crippen LogP contribution in [-0.2, 0) is 16.0 Å². The van der Waals surface area contributed by atoms with Crippen molar-refractivity contribution in [3.8, 4) is 11.5 Å². The zero-order valence-electron chi connectivity index (χ0n) is 11.1. The second kappa shape index (κ2) is 5.73. The fraction of sp³-hybridized carbons (Fsp3) is 0.462. The summed E-state index contributed by atoms with van der Waals surface area (Å²) in [6.07, 6.45) is 0.204. The molecule has 0 aliphatic carbocycles.